The molecule has 1 fully saturated rings. The zero-order valence-corrected chi connectivity index (χ0v) is 15.8. The first-order valence-corrected chi connectivity index (χ1v) is 9.53. The number of aliphatic hydroxyl groups is 1. The van der Waals surface area contributed by atoms with Gasteiger partial charge in [-0.25, -0.2) is 9.40 Å². The van der Waals surface area contributed by atoms with Crippen LogP contribution in [-0.2, 0) is 4.74 Å². The summed E-state index contributed by atoms with van der Waals surface area (Å²) in [4.78, 5) is 26.2. The van der Waals surface area contributed by atoms with E-state index in [0.29, 0.717) is 43.1 Å². The Balaban J connectivity index is 1.50. The van der Waals surface area contributed by atoms with Crippen LogP contribution in [0.4, 0.5) is 10.1 Å². The molecule has 1 saturated heterocycles. The number of hydrazine groups is 1. The lowest BCUT2D eigenvalue weighted by atomic mass is 10.1. The van der Waals surface area contributed by atoms with E-state index in [0.717, 1.165) is 4.90 Å². The second kappa shape index (κ2) is 8.28. The maximum atomic E-state index is 13.8. The highest BCUT2D eigenvalue weighted by Gasteiger charge is 2.36. The van der Waals surface area contributed by atoms with E-state index >= 15 is 0 Å². The van der Waals surface area contributed by atoms with Gasteiger partial charge in [-0.2, -0.15) is 0 Å². The lowest BCUT2D eigenvalue weighted by Crippen LogP contribution is -2.53. The predicted molar refractivity (Wildman–Crippen MR) is 104 cm³/mol. The predicted octanol–water partition coefficient (Wildman–Crippen LogP) is 1.54. The fourth-order valence-electron chi connectivity index (χ4n) is 3.69. The third-order valence-electron chi connectivity index (χ3n) is 5.09. The Hall–Kier alpha value is -2.81. The van der Waals surface area contributed by atoms with E-state index in [4.69, 9.17) is 4.74 Å². The van der Waals surface area contributed by atoms with Crippen molar-refractivity contribution in [3.05, 3.63) is 65.5 Å². The molecule has 7 nitrogen and oxygen atoms in total. The molecule has 0 bridgehead atoms. The smallest absolute Gasteiger partial charge is 0.261 e. The zero-order valence-electron chi connectivity index (χ0n) is 15.8. The molecule has 0 radical (unpaired) electrons. The average molecular weight is 399 g/mol. The number of fused-ring (bicyclic) bond motifs is 1. The van der Waals surface area contributed by atoms with Crippen LogP contribution in [0.15, 0.2) is 48.5 Å². The van der Waals surface area contributed by atoms with Crippen molar-refractivity contribution < 1.29 is 23.8 Å². The summed E-state index contributed by atoms with van der Waals surface area (Å²) < 4.78 is 19.2. The monoisotopic (exact) mass is 399 g/mol. The number of halogens is 1. The van der Waals surface area contributed by atoms with Crippen LogP contribution in [-0.4, -0.2) is 72.3 Å². The number of hydrogen-bond donors (Lipinski definition) is 1. The van der Waals surface area contributed by atoms with Crippen LogP contribution in [0.5, 0.6) is 0 Å². The van der Waals surface area contributed by atoms with E-state index in [-0.39, 0.29) is 18.9 Å². The number of carbonyl (C=O) groups excluding carboxylic acids is 2. The molecule has 2 aromatic carbocycles. The largest absolute Gasteiger partial charge is 0.389 e. The van der Waals surface area contributed by atoms with Crippen LogP contribution >= 0.6 is 0 Å². The van der Waals surface area contributed by atoms with Crippen molar-refractivity contribution >= 4 is 17.5 Å². The summed E-state index contributed by atoms with van der Waals surface area (Å²) in [6.07, 6.45) is -1.01. The number of ether oxygens (including phenoxy) is 1. The molecule has 2 heterocycles. The maximum Gasteiger partial charge on any atom is 0.261 e. The van der Waals surface area contributed by atoms with E-state index < -0.39 is 17.9 Å². The molecule has 1 N–H and O–H groups in total. The molecule has 29 heavy (non-hydrogen) atoms. The Labute approximate surface area is 167 Å². The molecule has 0 aliphatic carbocycles. The van der Waals surface area contributed by atoms with Crippen LogP contribution < -0.4 is 5.01 Å². The number of morpholine rings is 1. The van der Waals surface area contributed by atoms with Gasteiger partial charge in [-0.05, 0) is 30.3 Å². The number of rotatable bonds is 6. The minimum absolute atomic E-state index is 0.108. The first-order valence-electron chi connectivity index (χ1n) is 9.53. The van der Waals surface area contributed by atoms with Gasteiger partial charge in [-0.15, -0.1) is 0 Å². The van der Waals surface area contributed by atoms with Crippen LogP contribution in [0.3, 0.4) is 0 Å². The van der Waals surface area contributed by atoms with E-state index in [9.17, 15) is 19.1 Å². The number of carbonyl (C=O) groups is 2. The van der Waals surface area contributed by atoms with Gasteiger partial charge < -0.3 is 14.9 Å². The van der Waals surface area contributed by atoms with Crippen molar-refractivity contribution in [2.75, 3.05) is 44.4 Å². The van der Waals surface area contributed by atoms with E-state index in [1.165, 1.54) is 12.1 Å². The second-order valence-electron chi connectivity index (χ2n) is 7.05. The molecule has 152 valence electrons. The molecular formula is C21H22FN3O4. The minimum atomic E-state index is -1.01. The van der Waals surface area contributed by atoms with Gasteiger partial charge in [0.25, 0.3) is 11.8 Å². The molecule has 0 spiro atoms. The number of aliphatic hydroxyl groups excluding tert-OH is 1. The van der Waals surface area contributed by atoms with E-state index in [1.54, 1.807) is 41.4 Å². The van der Waals surface area contributed by atoms with Crippen molar-refractivity contribution in [1.29, 1.82) is 0 Å². The highest BCUT2D eigenvalue weighted by Crippen LogP contribution is 2.24. The summed E-state index contributed by atoms with van der Waals surface area (Å²) >= 11 is 0. The Morgan fingerprint density at radius 2 is 1.69 bits per heavy atom. The fourth-order valence-corrected chi connectivity index (χ4v) is 3.69. The first kappa shape index (κ1) is 19.5. The summed E-state index contributed by atoms with van der Waals surface area (Å²) in [7, 11) is 0. The van der Waals surface area contributed by atoms with Gasteiger partial charge in [0.15, 0.2) is 0 Å². The molecule has 8 heteroatoms. The van der Waals surface area contributed by atoms with Crippen LogP contribution in [0.25, 0.3) is 0 Å². The summed E-state index contributed by atoms with van der Waals surface area (Å²) in [5, 5.41) is 14.5. The van der Waals surface area contributed by atoms with Crippen LogP contribution in [0.2, 0.25) is 0 Å². The van der Waals surface area contributed by atoms with Crippen molar-refractivity contribution in [2.45, 2.75) is 6.10 Å². The van der Waals surface area contributed by atoms with Gasteiger partial charge in [0.2, 0.25) is 0 Å². The number of nitrogens with zero attached hydrogens (tertiary/aromatic N) is 3. The Morgan fingerprint density at radius 3 is 2.31 bits per heavy atom. The molecule has 0 saturated carbocycles. The van der Waals surface area contributed by atoms with Crippen molar-refractivity contribution in [3.8, 4) is 0 Å². The van der Waals surface area contributed by atoms with Crippen LogP contribution in [0.1, 0.15) is 20.7 Å². The van der Waals surface area contributed by atoms with E-state index in [1.807, 2.05) is 5.01 Å². The van der Waals surface area contributed by atoms with Crippen molar-refractivity contribution in [1.82, 2.24) is 9.91 Å². The van der Waals surface area contributed by atoms with Gasteiger partial charge in [0.05, 0.1) is 49.2 Å². The topological polar surface area (TPSA) is 73.3 Å². The summed E-state index contributed by atoms with van der Waals surface area (Å²) in [6.45, 7) is 2.21. The number of hydrogen-bond acceptors (Lipinski definition) is 6. The molecule has 4 rings (SSSR count). The number of β-amino-alcohol motifs (C(OH)–C–C–N with tert-alkyl or cyclic N) is 1. The average Bonchev–Trinajstić information content (AvgIpc) is 2.98. The van der Waals surface area contributed by atoms with Crippen LogP contribution in [0, 0.1) is 5.82 Å². The van der Waals surface area contributed by atoms with Gasteiger partial charge in [0.1, 0.15) is 5.82 Å². The van der Waals surface area contributed by atoms with Gasteiger partial charge in [0, 0.05) is 13.1 Å². The zero-order chi connectivity index (χ0) is 20.4. The van der Waals surface area contributed by atoms with Gasteiger partial charge in [-0.3, -0.25) is 14.5 Å². The standard InChI is InChI=1S/C21H22FN3O4/c22-15-4-3-5-16(12-15)25(23-8-10-29-11-9-23)14-17(26)13-24-20(27)18-6-1-2-7-19(18)21(24)28/h1-7,12,17,26H,8-11,13-14H2/t17-/m1/s1. The summed E-state index contributed by atoms with van der Waals surface area (Å²) in [5.74, 6) is -1.20. The number of amides is 2. The Kier molecular flexibility index (Phi) is 5.57. The summed E-state index contributed by atoms with van der Waals surface area (Å²) in [6, 6.07) is 12.7. The molecule has 1 atom stereocenters. The second-order valence-corrected chi connectivity index (χ2v) is 7.05. The molecular weight excluding hydrogens is 377 g/mol. The van der Waals surface area contributed by atoms with Gasteiger partial charge >= 0.3 is 0 Å². The number of anilines is 1. The molecule has 2 aromatic rings. The fraction of sp³-hybridized carbons (Fsp3) is 0.333. The normalized spacial score (nSPS) is 18.1. The van der Waals surface area contributed by atoms with Gasteiger partial charge in [-0.1, -0.05) is 18.2 Å². The SMILES string of the molecule is O=C1c2ccccc2C(=O)N1C[C@@H](O)CN(c1cccc(F)c1)N1CCOCC1. The molecule has 2 amide bonds. The quantitative estimate of drug-likeness (QED) is 0.743. The molecule has 0 aromatic heterocycles. The molecule has 2 aliphatic heterocycles. The highest BCUT2D eigenvalue weighted by molar-refractivity contribution is 6.21. The lowest BCUT2D eigenvalue weighted by Gasteiger charge is -2.40. The van der Waals surface area contributed by atoms with Crippen molar-refractivity contribution in [2.24, 2.45) is 0 Å². The molecule has 0 unspecified atom stereocenters. The molecule has 2 aliphatic rings. The first-order chi connectivity index (χ1) is 14.0. The Bertz CT molecular complexity index is 881. The number of benzene rings is 2. The van der Waals surface area contributed by atoms with Crippen molar-refractivity contribution in [3.63, 3.8) is 0 Å². The van der Waals surface area contributed by atoms with E-state index in [2.05, 4.69) is 0 Å². The Morgan fingerprint density at radius 1 is 1.03 bits per heavy atom. The third-order valence-corrected chi connectivity index (χ3v) is 5.09. The number of imide groups is 1. The lowest BCUT2D eigenvalue weighted by molar-refractivity contribution is 0.0226. The minimum Gasteiger partial charge on any atom is -0.389 e. The summed E-state index contributed by atoms with van der Waals surface area (Å²) in [5.41, 5.74) is 1.29. The third kappa shape index (κ3) is 4.00. The maximum absolute atomic E-state index is 13.8. The highest BCUT2D eigenvalue weighted by atomic mass is 19.1.